The summed E-state index contributed by atoms with van der Waals surface area (Å²) >= 11 is 1.41. The minimum absolute atomic E-state index is 0.0160. The molecule has 1 N–H and O–H groups in total. The van der Waals surface area contributed by atoms with Gasteiger partial charge in [-0.2, -0.15) is 13.2 Å². The monoisotopic (exact) mass is 485 g/mol. The number of rotatable bonds is 6. The summed E-state index contributed by atoms with van der Waals surface area (Å²) in [5, 5.41) is 2.94. The summed E-state index contributed by atoms with van der Waals surface area (Å²) in [6, 6.07) is 18.1. The molecule has 4 rings (SSSR count). The number of fused-ring (bicyclic) bond motifs is 1. The van der Waals surface area contributed by atoms with E-state index in [1.165, 1.54) is 40.5 Å². The number of benzene rings is 3. The number of anilines is 2. The van der Waals surface area contributed by atoms with Crippen LogP contribution in [0, 0.1) is 0 Å². The lowest BCUT2D eigenvalue weighted by atomic mass is 10.2. The number of para-hydroxylation sites is 1. The molecular formula is C24H18F3N3O3S. The Kier molecular flexibility index (Phi) is 6.51. The Labute approximate surface area is 196 Å². The van der Waals surface area contributed by atoms with Crippen molar-refractivity contribution in [3.8, 4) is 5.75 Å². The second-order valence-corrected chi connectivity index (χ2v) is 8.28. The van der Waals surface area contributed by atoms with Crippen LogP contribution in [0.3, 0.4) is 0 Å². The maximum absolute atomic E-state index is 12.8. The second kappa shape index (κ2) is 9.52. The van der Waals surface area contributed by atoms with Crippen molar-refractivity contribution in [2.75, 3.05) is 23.9 Å². The zero-order valence-corrected chi connectivity index (χ0v) is 18.6. The van der Waals surface area contributed by atoms with Crippen LogP contribution < -0.4 is 15.0 Å². The molecule has 0 radical (unpaired) electrons. The van der Waals surface area contributed by atoms with Crippen LogP contribution in [0.2, 0.25) is 0 Å². The number of nitrogens with one attached hydrogen (secondary N) is 1. The lowest BCUT2D eigenvalue weighted by molar-refractivity contribution is -0.137. The first-order valence-electron chi connectivity index (χ1n) is 10.0. The predicted molar refractivity (Wildman–Crippen MR) is 124 cm³/mol. The summed E-state index contributed by atoms with van der Waals surface area (Å²) < 4.78 is 44.7. The van der Waals surface area contributed by atoms with Crippen LogP contribution in [0.25, 0.3) is 10.2 Å². The molecule has 10 heteroatoms. The molecule has 0 aliphatic rings. The molecule has 0 aliphatic carbocycles. The molecule has 6 nitrogen and oxygen atoms in total. The molecule has 0 fully saturated rings. The van der Waals surface area contributed by atoms with Gasteiger partial charge in [0.25, 0.3) is 11.8 Å². The summed E-state index contributed by atoms with van der Waals surface area (Å²) in [6.45, 7) is -0.408. The van der Waals surface area contributed by atoms with Crippen LogP contribution in [0.4, 0.5) is 24.0 Å². The zero-order valence-electron chi connectivity index (χ0n) is 17.8. The highest BCUT2D eigenvalue weighted by molar-refractivity contribution is 7.22. The first-order chi connectivity index (χ1) is 16.2. The molecule has 3 aromatic carbocycles. The van der Waals surface area contributed by atoms with Crippen LogP contribution in [0.1, 0.15) is 15.9 Å². The number of nitrogens with zero attached hydrogens (tertiary/aromatic N) is 2. The van der Waals surface area contributed by atoms with Gasteiger partial charge in [-0.3, -0.25) is 14.5 Å². The van der Waals surface area contributed by atoms with Crippen molar-refractivity contribution >= 4 is 44.2 Å². The van der Waals surface area contributed by atoms with E-state index in [4.69, 9.17) is 4.74 Å². The van der Waals surface area contributed by atoms with Crippen LogP contribution in [0.15, 0.2) is 72.8 Å². The second-order valence-electron chi connectivity index (χ2n) is 7.27. The first kappa shape index (κ1) is 23.2. The van der Waals surface area contributed by atoms with Gasteiger partial charge in [0.15, 0.2) is 11.7 Å². The van der Waals surface area contributed by atoms with Gasteiger partial charge in [0.2, 0.25) is 0 Å². The zero-order chi connectivity index (χ0) is 24.3. The molecule has 0 saturated heterocycles. The van der Waals surface area contributed by atoms with Crippen molar-refractivity contribution in [2.24, 2.45) is 0 Å². The van der Waals surface area contributed by atoms with E-state index in [1.54, 1.807) is 19.2 Å². The van der Waals surface area contributed by atoms with Gasteiger partial charge in [-0.25, -0.2) is 4.98 Å². The van der Waals surface area contributed by atoms with E-state index in [2.05, 4.69) is 10.3 Å². The number of carbonyl (C=O) groups is 2. The Morgan fingerprint density at radius 2 is 1.76 bits per heavy atom. The van der Waals surface area contributed by atoms with E-state index >= 15 is 0 Å². The number of hydrogen-bond donors (Lipinski definition) is 1. The summed E-state index contributed by atoms with van der Waals surface area (Å²) in [4.78, 5) is 30.8. The first-order valence-corrected chi connectivity index (χ1v) is 10.9. The van der Waals surface area contributed by atoms with Crippen molar-refractivity contribution in [1.29, 1.82) is 0 Å². The number of ether oxygens (including phenoxy) is 1. The van der Waals surface area contributed by atoms with Crippen molar-refractivity contribution in [2.45, 2.75) is 6.18 Å². The molecule has 1 heterocycles. The Hall–Kier alpha value is -3.92. The Morgan fingerprint density at radius 1 is 1.03 bits per heavy atom. The van der Waals surface area contributed by atoms with Crippen LogP contribution in [0.5, 0.6) is 5.75 Å². The Morgan fingerprint density at radius 3 is 2.47 bits per heavy atom. The van der Waals surface area contributed by atoms with E-state index in [1.807, 2.05) is 24.3 Å². The van der Waals surface area contributed by atoms with E-state index < -0.39 is 24.3 Å². The number of carbonyl (C=O) groups excluding carboxylic acids is 2. The van der Waals surface area contributed by atoms with E-state index in [9.17, 15) is 22.8 Å². The largest absolute Gasteiger partial charge is 0.484 e. The standard InChI is InChI=1S/C24H18F3N3O3S/c1-30(23-29-19-7-2-3-8-20(19)34-23)22(32)15-9-11-18(12-10-15)33-14-21(31)28-17-6-4-5-16(13-17)24(25,26)27/h2-13H,14H2,1H3,(H,28,31). The predicted octanol–water partition coefficient (Wildman–Crippen LogP) is 5.61. The highest BCUT2D eigenvalue weighted by Gasteiger charge is 2.30. The van der Waals surface area contributed by atoms with Gasteiger partial charge in [0.05, 0.1) is 15.8 Å². The van der Waals surface area contributed by atoms with Gasteiger partial charge in [0, 0.05) is 18.3 Å². The fourth-order valence-corrected chi connectivity index (χ4v) is 4.02. The summed E-state index contributed by atoms with van der Waals surface area (Å²) in [5.41, 5.74) is 0.376. The highest BCUT2D eigenvalue weighted by atomic mass is 32.1. The van der Waals surface area contributed by atoms with Crippen molar-refractivity contribution < 1.29 is 27.5 Å². The number of amides is 2. The minimum Gasteiger partial charge on any atom is -0.484 e. The normalized spacial score (nSPS) is 11.3. The fourth-order valence-electron chi connectivity index (χ4n) is 3.10. The maximum Gasteiger partial charge on any atom is 0.416 e. The number of thiazole rings is 1. The quantitative estimate of drug-likeness (QED) is 0.385. The maximum atomic E-state index is 12.8. The van der Waals surface area contributed by atoms with Gasteiger partial charge in [0.1, 0.15) is 5.75 Å². The topological polar surface area (TPSA) is 71.5 Å². The molecular weight excluding hydrogens is 467 g/mol. The lowest BCUT2D eigenvalue weighted by Gasteiger charge is -2.14. The van der Waals surface area contributed by atoms with Gasteiger partial charge >= 0.3 is 6.18 Å². The highest BCUT2D eigenvalue weighted by Crippen LogP contribution is 2.31. The fraction of sp³-hybridized carbons (Fsp3) is 0.125. The van der Waals surface area contributed by atoms with E-state index in [0.717, 1.165) is 22.3 Å². The summed E-state index contributed by atoms with van der Waals surface area (Å²) in [7, 11) is 1.64. The average molecular weight is 485 g/mol. The average Bonchev–Trinajstić information content (AvgIpc) is 3.26. The number of alkyl halides is 3. The van der Waals surface area contributed by atoms with Crippen LogP contribution in [-0.2, 0) is 11.0 Å². The smallest absolute Gasteiger partial charge is 0.416 e. The molecule has 4 aromatic rings. The minimum atomic E-state index is -4.50. The summed E-state index contributed by atoms with van der Waals surface area (Å²) in [6.07, 6.45) is -4.50. The summed E-state index contributed by atoms with van der Waals surface area (Å²) in [5.74, 6) is -0.540. The number of halogens is 3. The molecule has 0 bridgehead atoms. The van der Waals surface area contributed by atoms with Crippen LogP contribution >= 0.6 is 11.3 Å². The Bertz CT molecular complexity index is 1300. The van der Waals surface area contributed by atoms with Gasteiger partial charge in [-0.05, 0) is 54.6 Å². The van der Waals surface area contributed by atoms with E-state index in [-0.39, 0.29) is 11.6 Å². The third-order valence-electron chi connectivity index (χ3n) is 4.82. The molecule has 0 atom stereocenters. The molecule has 0 unspecified atom stereocenters. The van der Waals surface area contributed by atoms with Crippen molar-refractivity contribution in [3.05, 3.63) is 83.9 Å². The van der Waals surface area contributed by atoms with Gasteiger partial charge < -0.3 is 10.1 Å². The Balaban J connectivity index is 1.34. The van der Waals surface area contributed by atoms with Crippen molar-refractivity contribution in [3.63, 3.8) is 0 Å². The van der Waals surface area contributed by atoms with Crippen molar-refractivity contribution in [1.82, 2.24) is 4.98 Å². The van der Waals surface area contributed by atoms with Gasteiger partial charge in [-0.15, -0.1) is 0 Å². The molecule has 2 amide bonds. The molecule has 0 saturated carbocycles. The molecule has 0 aliphatic heterocycles. The van der Waals surface area contributed by atoms with Crippen LogP contribution in [-0.4, -0.2) is 30.5 Å². The molecule has 34 heavy (non-hydrogen) atoms. The molecule has 0 spiro atoms. The number of aromatic nitrogens is 1. The van der Waals surface area contributed by atoms with E-state index in [0.29, 0.717) is 16.4 Å². The SMILES string of the molecule is CN(C(=O)c1ccc(OCC(=O)Nc2cccc(C(F)(F)F)c2)cc1)c1nc2ccccc2s1. The van der Waals surface area contributed by atoms with Gasteiger partial charge in [-0.1, -0.05) is 29.5 Å². The lowest BCUT2D eigenvalue weighted by Crippen LogP contribution is -2.26. The number of hydrogen-bond acceptors (Lipinski definition) is 5. The third kappa shape index (κ3) is 5.34. The third-order valence-corrected chi connectivity index (χ3v) is 5.93. The molecule has 1 aromatic heterocycles. The molecule has 174 valence electrons.